The summed E-state index contributed by atoms with van der Waals surface area (Å²) in [5, 5.41) is 3.87. The second kappa shape index (κ2) is 6.79. The lowest BCUT2D eigenvalue weighted by molar-refractivity contribution is 0.0439. The molecule has 1 N–H and O–H groups in total. The van der Waals surface area contributed by atoms with Crippen molar-refractivity contribution in [2.75, 3.05) is 13.1 Å². The molecule has 0 radical (unpaired) electrons. The third-order valence-electron chi connectivity index (χ3n) is 6.32. The average molecular weight is 278 g/mol. The molecule has 116 valence electrons. The molecule has 2 heteroatoms. The number of nitrogens with zero attached hydrogens (tertiary/aromatic N) is 1. The Morgan fingerprint density at radius 1 is 0.850 bits per heavy atom. The van der Waals surface area contributed by atoms with Crippen molar-refractivity contribution in [2.45, 2.75) is 89.8 Å². The van der Waals surface area contributed by atoms with Gasteiger partial charge in [0.15, 0.2) is 0 Å². The lowest BCUT2D eigenvalue weighted by Gasteiger charge is -2.47. The maximum Gasteiger partial charge on any atom is 0.0224 e. The van der Waals surface area contributed by atoms with Crippen molar-refractivity contribution in [3.63, 3.8) is 0 Å². The van der Waals surface area contributed by atoms with Crippen LogP contribution in [0.3, 0.4) is 0 Å². The first-order valence-corrected chi connectivity index (χ1v) is 9.23. The number of rotatable bonds is 2. The van der Waals surface area contributed by atoms with Gasteiger partial charge < -0.3 is 5.32 Å². The fourth-order valence-electron chi connectivity index (χ4n) is 4.85. The highest BCUT2D eigenvalue weighted by atomic mass is 15.3. The van der Waals surface area contributed by atoms with Crippen LogP contribution in [0.15, 0.2) is 0 Å². The van der Waals surface area contributed by atoms with Crippen molar-refractivity contribution in [1.82, 2.24) is 10.2 Å². The van der Waals surface area contributed by atoms with Gasteiger partial charge in [-0.15, -0.1) is 0 Å². The van der Waals surface area contributed by atoms with Gasteiger partial charge in [-0.3, -0.25) is 4.90 Å². The van der Waals surface area contributed by atoms with E-state index in [0.717, 1.165) is 30.0 Å². The molecule has 1 saturated heterocycles. The molecule has 0 aromatic rings. The van der Waals surface area contributed by atoms with Crippen LogP contribution in [0.4, 0.5) is 0 Å². The molecule has 2 nitrogen and oxygen atoms in total. The summed E-state index contributed by atoms with van der Waals surface area (Å²) in [7, 11) is 0. The quantitative estimate of drug-likeness (QED) is 0.826. The SMILES string of the molecule is CC1CCC(N2CC(C3CCCCC3)NCC2C)CC1. The summed E-state index contributed by atoms with van der Waals surface area (Å²) in [5.41, 5.74) is 0. The molecule has 1 aliphatic heterocycles. The molecular formula is C18H34N2. The monoisotopic (exact) mass is 278 g/mol. The van der Waals surface area contributed by atoms with Crippen LogP contribution in [-0.4, -0.2) is 36.1 Å². The maximum absolute atomic E-state index is 3.87. The van der Waals surface area contributed by atoms with Gasteiger partial charge >= 0.3 is 0 Å². The van der Waals surface area contributed by atoms with Gasteiger partial charge in [0.1, 0.15) is 0 Å². The Hall–Kier alpha value is -0.0800. The molecule has 20 heavy (non-hydrogen) atoms. The number of piperazine rings is 1. The Labute approximate surface area is 125 Å². The van der Waals surface area contributed by atoms with Crippen LogP contribution in [0, 0.1) is 11.8 Å². The van der Waals surface area contributed by atoms with Gasteiger partial charge in [-0.2, -0.15) is 0 Å². The zero-order valence-electron chi connectivity index (χ0n) is 13.6. The second-order valence-electron chi connectivity index (χ2n) is 7.87. The largest absolute Gasteiger partial charge is 0.311 e. The highest BCUT2D eigenvalue weighted by Gasteiger charge is 2.35. The summed E-state index contributed by atoms with van der Waals surface area (Å²) >= 11 is 0. The molecule has 0 bridgehead atoms. The van der Waals surface area contributed by atoms with Crippen molar-refractivity contribution in [3.8, 4) is 0 Å². The van der Waals surface area contributed by atoms with Crippen molar-refractivity contribution >= 4 is 0 Å². The summed E-state index contributed by atoms with van der Waals surface area (Å²) in [4.78, 5) is 2.88. The first kappa shape index (κ1) is 14.8. The summed E-state index contributed by atoms with van der Waals surface area (Å²) in [6.45, 7) is 7.41. The number of hydrogen-bond donors (Lipinski definition) is 1. The van der Waals surface area contributed by atoms with Crippen molar-refractivity contribution < 1.29 is 0 Å². The Morgan fingerprint density at radius 2 is 1.55 bits per heavy atom. The lowest BCUT2D eigenvalue weighted by atomic mass is 9.81. The van der Waals surface area contributed by atoms with E-state index in [1.807, 2.05) is 0 Å². The van der Waals surface area contributed by atoms with E-state index in [4.69, 9.17) is 0 Å². The molecular weight excluding hydrogens is 244 g/mol. The molecule has 2 saturated carbocycles. The van der Waals surface area contributed by atoms with Crippen LogP contribution in [0.2, 0.25) is 0 Å². The van der Waals surface area contributed by atoms with Gasteiger partial charge in [-0.05, 0) is 57.3 Å². The third-order valence-corrected chi connectivity index (χ3v) is 6.32. The van der Waals surface area contributed by atoms with E-state index in [0.29, 0.717) is 0 Å². The molecule has 3 rings (SSSR count). The van der Waals surface area contributed by atoms with Crippen LogP contribution in [0.5, 0.6) is 0 Å². The Balaban J connectivity index is 1.58. The van der Waals surface area contributed by atoms with Gasteiger partial charge in [0.05, 0.1) is 0 Å². The number of hydrogen-bond acceptors (Lipinski definition) is 2. The fraction of sp³-hybridized carbons (Fsp3) is 1.00. The van der Waals surface area contributed by atoms with Crippen LogP contribution < -0.4 is 5.32 Å². The maximum atomic E-state index is 3.87. The molecule has 1 heterocycles. The third kappa shape index (κ3) is 3.39. The van der Waals surface area contributed by atoms with Gasteiger partial charge in [0, 0.05) is 31.2 Å². The van der Waals surface area contributed by atoms with Gasteiger partial charge in [-0.25, -0.2) is 0 Å². The second-order valence-corrected chi connectivity index (χ2v) is 7.87. The minimum atomic E-state index is 0.744. The fourth-order valence-corrected chi connectivity index (χ4v) is 4.85. The molecule has 2 aliphatic carbocycles. The molecule has 2 unspecified atom stereocenters. The highest BCUT2D eigenvalue weighted by Crippen LogP contribution is 2.32. The first-order chi connectivity index (χ1) is 9.74. The van der Waals surface area contributed by atoms with E-state index in [2.05, 4.69) is 24.1 Å². The molecule has 0 aromatic heterocycles. The summed E-state index contributed by atoms with van der Waals surface area (Å²) in [5.74, 6) is 1.93. The van der Waals surface area contributed by atoms with Crippen LogP contribution in [0.1, 0.15) is 71.6 Å². The Morgan fingerprint density at radius 3 is 2.25 bits per heavy atom. The predicted molar refractivity (Wildman–Crippen MR) is 86.0 cm³/mol. The topological polar surface area (TPSA) is 15.3 Å². The Bertz CT molecular complexity index is 290. The minimum absolute atomic E-state index is 0.744. The van der Waals surface area contributed by atoms with E-state index in [-0.39, 0.29) is 0 Å². The van der Waals surface area contributed by atoms with Gasteiger partial charge in [0.2, 0.25) is 0 Å². The molecule has 0 aromatic carbocycles. The van der Waals surface area contributed by atoms with Gasteiger partial charge in [-0.1, -0.05) is 26.2 Å². The highest BCUT2D eigenvalue weighted by molar-refractivity contribution is 4.92. The van der Waals surface area contributed by atoms with Crippen molar-refractivity contribution in [2.24, 2.45) is 11.8 Å². The van der Waals surface area contributed by atoms with Crippen LogP contribution in [0.25, 0.3) is 0 Å². The minimum Gasteiger partial charge on any atom is -0.311 e. The average Bonchev–Trinajstić information content (AvgIpc) is 2.50. The zero-order chi connectivity index (χ0) is 13.9. The van der Waals surface area contributed by atoms with Crippen molar-refractivity contribution in [3.05, 3.63) is 0 Å². The Kier molecular flexibility index (Phi) is 5.04. The summed E-state index contributed by atoms with van der Waals surface area (Å²) < 4.78 is 0. The smallest absolute Gasteiger partial charge is 0.0224 e. The summed E-state index contributed by atoms with van der Waals surface area (Å²) in [6.07, 6.45) is 13.2. The first-order valence-electron chi connectivity index (χ1n) is 9.23. The number of nitrogens with one attached hydrogen (secondary N) is 1. The van der Waals surface area contributed by atoms with Crippen LogP contribution in [-0.2, 0) is 0 Å². The molecule has 3 fully saturated rings. The molecule has 0 spiro atoms. The van der Waals surface area contributed by atoms with E-state index in [1.54, 1.807) is 0 Å². The normalized spacial score (nSPS) is 41.7. The zero-order valence-corrected chi connectivity index (χ0v) is 13.6. The van der Waals surface area contributed by atoms with E-state index in [9.17, 15) is 0 Å². The van der Waals surface area contributed by atoms with E-state index >= 15 is 0 Å². The standard InChI is InChI=1S/C18H34N2/c1-14-8-10-17(11-9-14)20-13-18(19-12-15(20)2)16-6-4-3-5-7-16/h14-19H,3-13H2,1-2H3. The van der Waals surface area contributed by atoms with E-state index < -0.39 is 0 Å². The van der Waals surface area contributed by atoms with Crippen molar-refractivity contribution in [1.29, 1.82) is 0 Å². The molecule has 3 aliphatic rings. The van der Waals surface area contributed by atoms with Gasteiger partial charge in [0.25, 0.3) is 0 Å². The van der Waals surface area contributed by atoms with Crippen LogP contribution >= 0.6 is 0 Å². The summed E-state index contributed by atoms with van der Waals surface area (Å²) in [6, 6.07) is 2.41. The van der Waals surface area contributed by atoms with E-state index in [1.165, 1.54) is 70.9 Å². The molecule has 2 atom stereocenters. The molecule has 0 amide bonds. The predicted octanol–water partition coefficient (Wildman–Crippen LogP) is 3.81. The lowest BCUT2D eigenvalue weighted by Crippen LogP contribution is -2.60.